The molecule has 0 amide bonds. The van der Waals surface area contributed by atoms with Gasteiger partial charge in [-0.2, -0.15) is 4.31 Å². The number of carboxylic acids is 1. The number of carbonyl (C=O) groups is 1. The molecule has 0 unspecified atom stereocenters. The van der Waals surface area contributed by atoms with Crippen LogP contribution in [0.3, 0.4) is 0 Å². The quantitative estimate of drug-likeness (QED) is 0.911. The predicted octanol–water partition coefficient (Wildman–Crippen LogP) is 1.34. The van der Waals surface area contributed by atoms with Crippen LogP contribution in [0, 0.1) is 11.6 Å². The van der Waals surface area contributed by atoms with Crippen LogP contribution in [0.2, 0.25) is 0 Å². The van der Waals surface area contributed by atoms with Crippen LogP contribution in [0.1, 0.15) is 18.4 Å². The molecule has 5 nitrogen and oxygen atoms in total. The summed E-state index contributed by atoms with van der Waals surface area (Å²) in [7, 11) is -4.08. The van der Waals surface area contributed by atoms with Crippen molar-refractivity contribution in [2.75, 3.05) is 6.54 Å². The number of halogens is 2. The molecule has 1 aromatic rings. The first-order valence-electron chi connectivity index (χ1n) is 5.98. The molecule has 0 saturated carbocycles. The number of hydrogen-bond acceptors (Lipinski definition) is 3. The van der Waals surface area contributed by atoms with Gasteiger partial charge in [-0.15, -0.1) is 0 Å². The molecule has 2 rings (SSSR count). The zero-order valence-electron chi connectivity index (χ0n) is 10.4. The fourth-order valence-corrected chi connectivity index (χ4v) is 4.05. The minimum Gasteiger partial charge on any atom is -0.480 e. The minimum absolute atomic E-state index is 0.0510. The Labute approximate surface area is 114 Å². The number of carboxylic acid groups (broad SMARTS) is 1. The van der Waals surface area contributed by atoms with Gasteiger partial charge in [0.2, 0.25) is 10.0 Å². The van der Waals surface area contributed by atoms with Gasteiger partial charge in [0.05, 0.1) is 5.75 Å². The van der Waals surface area contributed by atoms with E-state index < -0.39 is 45.0 Å². The van der Waals surface area contributed by atoms with E-state index in [1.165, 1.54) is 0 Å². The monoisotopic (exact) mass is 305 g/mol. The molecule has 1 atom stereocenters. The van der Waals surface area contributed by atoms with Gasteiger partial charge in [-0.3, -0.25) is 4.79 Å². The molecule has 20 heavy (non-hydrogen) atoms. The Kier molecular flexibility index (Phi) is 4.05. The van der Waals surface area contributed by atoms with Crippen LogP contribution in [0.4, 0.5) is 8.78 Å². The largest absolute Gasteiger partial charge is 0.480 e. The average Bonchev–Trinajstić information content (AvgIpc) is 2.84. The standard InChI is InChI=1S/C12H13F2NO4S/c13-9-3-1-4-10(14)8(9)7-20(18,19)15-6-2-5-11(15)12(16)17/h1,3-4,11H,2,5-7H2,(H,16,17)/t11-/m0/s1. The molecule has 110 valence electrons. The van der Waals surface area contributed by atoms with Crippen molar-refractivity contribution in [3.8, 4) is 0 Å². The van der Waals surface area contributed by atoms with E-state index in [-0.39, 0.29) is 13.0 Å². The topological polar surface area (TPSA) is 74.7 Å². The summed E-state index contributed by atoms with van der Waals surface area (Å²) in [5, 5.41) is 8.97. The minimum atomic E-state index is -4.08. The van der Waals surface area contributed by atoms with Crippen LogP contribution >= 0.6 is 0 Å². The Hall–Kier alpha value is -1.54. The third-order valence-electron chi connectivity index (χ3n) is 3.23. The lowest BCUT2D eigenvalue weighted by atomic mass is 10.2. The molecule has 1 N–H and O–H groups in total. The molecule has 1 aliphatic heterocycles. The molecule has 0 spiro atoms. The zero-order valence-corrected chi connectivity index (χ0v) is 11.2. The summed E-state index contributed by atoms with van der Waals surface area (Å²) in [5.41, 5.74) is -0.566. The second kappa shape index (κ2) is 5.45. The van der Waals surface area contributed by atoms with Gasteiger partial charge >= 0.3 is 5.97 Å². The van der Waals surface area contributed by atoms with E-state index in [1.807, 2.05) is 0 Å². The molecule has 0 radical (unpaired) electrons. The zero-order chi connectivity index (χ0) is 14.9. The lowest BCUT2D eigenvalue weighted by Crippen LogP contribution is -2.41. The highest BCUT2D eigenvalue weighted by molar-refractivity contribution is 7.88. The normalized spacial score (nSPS) is 20.2. The van der Waals surface area contributed by atoms with Gasteiger partial charge in [-0.05, 0) is 25.0 Å². The van der Waals surface area contributed by atoms with Crippen LogP contribution in [0.5, 0.6) is 0 Å². The second-order valence-electron chi connectivity index (χ2n) is 4.56. The molecule has 1 fully saturated rings. The highest BCUT2D eigenvalue weighted by Gasteiger charge is 2.39. The van der Waals surface area contributed by atoms with Crippen LogP contribution in [-0.2, 0) is 20.6 Å². The lowest BCUT2D eigenvalue weighted by molar-refractivity contribution is -0.140. The maximum absolute atomic E-state index is 13.5. The summed E-state index contributed by atoms with van der Waals surface area (Å²) >= 11 is 0. The summed E-state index contributed by atoms with van der Waals surface area (Å²) in [6.07, 6.45) is 0.615. The number of aliphatic carboxylic acids is 1. The highest BCUT2D eigenvalue weighted by Crippen LogP contribution is 2.25. The number of hydrogen-bond donors (Lipinski definition) is 1. The first-order chi connectivity index (χ1) is 9.33. The van der Waals surface area contributed by atoms with Crippen molar-refractivity contribution >= 4 is 16.0 Å². The van der Waals surface area contributed by atoms with Crippen molar-refractivity contribution in [2.45, 2.75) is 24.6 Å². The molecular weight excluding hydrogens is 292 g/mol. The Morgan fingerprint density at radius 1 is 1.35 bits per heavy atom. The Bertz CT molecular complexity index is 612. The molecule has 1 aliphatic rings. The third-order valence-corrected chi connectivity index (χ3v) is 5.04. The van der Waals surface area contributed by atoms with Gasteiger partial charge in [-0.25, -0.2) is 17.2 Å². The van der Waals surface area contributed by atoms with E-state index in [0.29, 0.717) is 6.42 Å². The number of rotatable bonds is 4. The number of sulfonamides is 1. The molecule has 0 bridgehead atoms. The highest BCUT2D eigenvalue weighted by atomic mass is 32.2. The van der Waals surface area contributed by atoms with E-state index in [2.05, 4.69) is 0 Å². The summed E-state index contributed by atoms with van der Waals surface area (Å²) in [4.78, 5) is 11.0. The van der Waals surface area contributed by atoms with Crippen LogP contribution in [0.15, 0.2) is 18.2 Å². The van der Waals surface area contributed by atoms with Gasteiger partial charge in [0.25, 0.3) is 0 Å². The van der Waals surface area contributed by atoms with Gasteiger partial charge in [0.1, 0.15) is 17.7 Å². The molecule has 0 aromatic heterocycles. The van der Waals surface area contributed by atoms with Crippen LogP contribution in [-0.4, -0.2) is 36.4 Å². The van der Waals surface area contributed by atoms with E-state index >= 15 is 0 Å². The first-order valence-corrected chi connectivity index (χ1v) is 7.59. The summed E-state index contributed by atoms with van der Waals surface area (Å²) in [6.45, 7) is 0.0510. The Morgan fingerprint density at radius 3 is 2.50 bits per heavy atom. The Balaban J connectivity index is 2.30. The van der Waals surface area contributed by atoms with Crippen molar-refractivity contribution in [1.82, 2.24) is 4.31 Å². The van der Waals surface area contributed by atoms with Gasteiger partial charge in [0.15, 0.2) is 0 Å². The van der Waals surface area contributed by atoms with Crippen LogP contribution in [0.25, 0.3) is 0 Å². The second-order valence-corrected chi connectivity index (χ2v) is 6.48. The fourth-order valence-electron chi connectivity index (χ4n) is 2.26. The number of nitrogens with zero attached hydrogens (tertiary/aromatic N) is 1. The van der Waals surface area contributed by atoms with Crippen molar-refractivity contribution < 1.29 is 27.1 Å². The first kappa shape index (κ1) is 14.9. The molecule has 0 aliphatic carbocycles. The summed E-state index contributed by atoms with van der Waals surface area (Å²) < 4.78 is 52.1. The maximum Gasteiger partial charge on any atom is 0.322 e. The van der Waals surface area contributed by atoms with Crippen molar-refractivity contribution in [3.63, 3.8) is 0 Å². The summed E-state index contributed by atoms with van der Waals surface area (Å²) in [6, 6.07) is 1.91. The predicted molar refractivity (Wildman–Crippen MR) is 66.3 cm³/mol. The van der Waals surface area contributed by atoms with Crippen molar-refractivity contribution in [1.29, 1.82) is 0 Å². The fraction of sp³-hybridized carbons (Fsp3) is 0.417. The van der Waals surface area contributed by atoms with E-state index in [0.717, 1.165) is 22.5 Å². The van der Waals surface area contributed by atoms with Gasteiger partial charge < -0.3 is 5.11 Å². The Morgan fingerprint density at radius 2 is 1.95 bits per heavy atom. The van der Waals surface area contributed by atoms with Crippen LogP contribution < -0.4 is 0 Å². The smallest absolute Gasteiger partial charge is 0.322 e. The summed E-state index contributed by atoms with van der Waals surface area (Å²) in [5.74, 6) is -4.05. The SMILES string of the molecule is O=C(O)[C@@H]1CCCN1S(=O)(=O)Cc1c(F)cccc1F. The van der Waals surface area contributed by atoms with Gasteiger partial charge in [-0.1, -0.05) is 6.07 Å². The molecule has 1 aromatic carbocycles. The third kappa shape index (κ3) is 2.80. The van der Waals surface area contributed by atoms with Crippen molar-refractivity contribution in [3.05, 3.63) is 35.4 Å². The average molecular weight is 305 g/mol. The number of benzene rings is 1. The molecule has 1 saturated heterocycles. The molecule has 1 heterocycles. The van der Waals surface area contributed by atoms with E-state index in [9.17, 15) is 22.0 Å². The van der Waals surface area contributed by atoms with E-state index in [1.54, 1.807) is 0 Å². The molecule has 8 heteroatoms. The lowest BCUT2D eigenvalue weighted by Gasteiger charge is -2.21. The van der Waals surface area contributed by atoms with Gasteiger partial charge in [0, 0.05) is 12.1 Å². The van der Waals surface area contributed by atoms with Crippen molar-refractivity contribution in [2.24, 2.45) is 0 Å². The molecular formula is C12H13F2NO4S. The maximum atomic E-state index is 13.5. The van der Waals surface area contributed by atoms with E-state index in [4.69, 9.17) is 5.11 Å².